The van der Waals surface area contributed by atoms with Crippen molar-refractivity contribution in [2.45, 2.75) is 53.7 Å². The maximum Gasteiger partial charge on any atom is 0.0109 e. The molecule has 0 N–H and O–H groups in total. The molecule has 1 heteroatoms. The average Bonchev–Trinajstić information content (AvgIpc) is 2.01. The van der Waals surface area contributed by atoms with Gasteiger partial charge >= 0.3 is 0 Å². The summed E-state index contributed by atoms with van der Waals surface area (Å²) in [7, 11) is 0. The van der Waals surface area contributed by atoms with Crippen molar-refractivity contribution in [3.8, 4) is 0 Å². The van der Waals surface area contributed by atoms with Crippen molar-refractivity contribution in [1.82, 2.24) is 0 Å². The fourth-order valence-electron chi connectivity index (χ4n) is 0.713. The number of thioether (sulfide) groups is 1. The Balaban J connectivity index is 3.94. The number of rotatable bonds is 4. The second-order valence-corrected chi connectivity index (χ2v) is 6.83. The molecule has 0 bridgehead atoms. The Hall–Kier alpha value is 0.0900. The first-order valence-electron chi connectivity index (χ1n) is 5.57. The second kappa shape index (κ2) is 5.85. The van der Waals surface area contributed by atoms with Gasteiger partial charge in [-0.25, -0.2) is 0 Å². The summed E-state index contributed by atoms with van der Waals surface area (Å²) in [6, 6.07) is 0. The summed E-state index contributed by atoms with van der Waals surface area (Å²) in [4.78, 5) is 0. The van der Waals surface area contributed by atoms with Crippen LogP contribution in [0.5, 0.6) is 0 Å². The summed E-state index contributed by atoms with van der Waals surface area (Å²) in [6.07, 6.45) is 2.33. The van der Waals surface area contributed by atoms with Crippen molar-refractivity contribution in [3.05, 3.63) is 11.5 Å². The molecule has 14 heavy (non-hydrogen) atoms. The molecule has 0 aromatic heterocycles. The van der Waals surface area contributed by atoms with E-state index < -0.39 is 0 Å². The molecule has 0 saturated heterocycles. The van der Waals surface area contributed by atoms with Crippen LogP contribution >= 0.6 is 11.8 Å². The molecule has 0 rings (SSSR count). The lowest BCUT2D eigenvalue weighted by atomic mass is 9.93. The Morgan fingerprint density at radius 2 is 1.50 bits per heavy atom. The third-order valence-electron chi connectivity index (χ3n) is 2.94. The summed E-state index contributed by atoms with van der Waals surface area (Å²) in [5, 5.41) is 2.96. The lowest BCUT2D eigenvalue weighted by Crippen LogP contribution is -2.18. The van der Waals surface area contributed by atoms with E-state index in [0.29, 0.717) is 16.6 Å². The van der Waals surface area contributed by atoms with E-state index in [9.17, 15) is 0 Å². The first-order valence-corrected chi connectivity index (χ1v) is 6.51. The summed E-state index contributed by atoms with van der Waals surface area (Å²) in [6.45, 7) is 16.0. The van der Waals surface area contributed by atoms with Crippen molar-refractivity contribution in [2.24, 2.45) is 17.3 Å². The summed E-state index contributed by atoms with van der Waals surface area (Å²) >= 11 is 1.95. The molecule has 0 aliphatic heterocycles. The van der Waals surface area contributed by atoms with E-state index in [0.717, 1.165) is 5.92 Å². The predicted molar refractivity (Wildman–Crippen MR) is 69.7 cm³/mol. The molecule has 0 amide bonds. The van der Waals surface area contributed by atoms with Gasteiger partial charge in [0, 0.05) is 5.25 Å². The highest BCUT2D eigenvalue weighted by Gasteiger charge is 2.19. The topological polar surface area (TPSA) is 0 Å². The quantitative estimate of drug-likeness (QED) is 0.637. The smallest absolute Gasteiger partial charge is 0.0109 e. The van der Waals surface area contributed by atoms with Gasteiger partial charge in [0.05, 0.1) is 0 Å². The van der Waals surface area contributed by atoms with E-state index in [-0.39, 0.29) is 0 Å². The number of allylic oxidation sites excluding steroid dienone is 1. The largest absolute Gasteiger partial charge is 0.131 e. The minimum atomic E-state index is 0.399. The molecule has 0 fully saturated rings. The summed E-state index contributed by atoms with van der Waals surface area (Å²) in [5.41, 5.74) is 0.399. The molecule has 0 heterocycles. The van der Waals surface area contributed by atoms with E-state index in [1.54, 1.807) is 0 Å². The SMILES string of the molecule is CC(C)C(C)/C=C/SC(C)C(C)(C)C. The van der Waals surface area contributed by atoms with Crippen molar-refractivity contribution < 1.29 is 0 Å². The minimum Gasteiger partial charge on any atom is -0.131 e. The molecular formula is C13H26S. The summed E-state index contributed by atoms with van der Waals surface area (Å²) in [5.74, 6) is 1.44. The van der Waals surface area contributed by atoms with Gasteiger partial charge in [-0.05, 0) is 22.7 Å². The average molecular weight is 214 g/mol. The molecule has 0 radical (unpaired) electrons. The van der Waals surface area contributed by atoms with Gasteiger partial charge in [0.2, 0.25) is 0 Å². The summed E-state index contributed by atoms with van der Waals surface area (Å²) < 4.78 is 0. The van der Waals surface area contributed by atoms with Crippen LogP contribution in [0.15, 0.2) is 11.5 Å². The third-order valence-corrected chi connectivity index (χ3v) is 4.37. The Bertz CT molecular complexity index is 174. The monoisotopic (exact) mass is 214 g/mol. The van der Waals surface area contributed by atoms with Gasteiger partial charge in [0.25, 0.3) is 0 Å². The Morgan fingerprint density at radius 1 is 1.00 bits per heavy atom. The number of hydrogen-bond acceptors (Lipinski definition) is 1. The second-order valence-electron chi connectivity index (χ2n) is 5.58. The highest BCUT2D eigenvalue weighted by Crippen LogP contribution is 2.30. The van der Waals surface area contributed by atoms with Gasteiger partial charge in [0.1, 0.15) is 0 Å². The normalized spacial score (nSPS) is 17.7. The van der Waals surface area contributed by atoms with Gasteiger partial charge in [-0.3, -0.25) is 0 Å². The fraction of sp³-hybridized carbons (Fsp3) is 0.846. The molecule has 2 atom stereocenters. The third kappa shape index (κ3) is 5.74. The van der Waals surface area contributed by atoms with Crippen LogP contribution in [0.3, 0.4) is 0 Å². The minimum absolute atomic E-state index is 0.399. The van der Waals surface area contributed by atoms with Crippen LogP contribution in [-0.2, 0) is 0 Å². The van der Waals surface area contributed by atoms with E-state index >= 15 is 0 Å². The van der Waals surface area contributed by atoms with Crippen LogP contribution in [0.2, 0.25) is 0 Å². The van der Waals surface area contributed by atoms with Gasteiger partial charge < -0.3 is 0 Å². The van der Waals surface area contributed by atoms with Gasteiger partial charge in [-0.2, -0.15) is 0 Å². The Kier molecular flexibility index (Phi) is 5.88. The van der Waals surface area contributed by atoms with Crippen LogP contribution in [0.25, 0.3) is 0 Å². The van der Waals surface area contributed by atoms with Crippen molar-refractivity contribution >= 4 is 11.8 Å². The maximum atomic E-state index is 2.33. The lowest BCUT2D eigenvalue weighted by Gasteiger charge is -2.25. The van der Waals surface area contributed by atoms with E-state index in [1.165, 1.54) is 0 Å². The standard InChI is InChI=1S/C13H26S/c1-10(2)11(3)8-9-14-12(4)13(5,6)7/h8-12H,1-7H3/b9-8+. The molecule has 0 aromatic carbocycles. The van der Waals surface area contributed by atoms with Gasteiger partial charge in [0.15, 0.2) is 0 Å². The van der Waals surface area contributed by atoms with Crippen molar-refractivity contribution in [3.63, 3.8) is 0 Å². The molecule has 0 saturated carbocycles. The first-order chi connectivity index (χ1) is 6.25. The Labute approximate surface area is 94.6 Å². The lowest BCUT2D eigenvalue weighted by molar-refractivity contribution is 0.411. The molecule has 0 aliphatic rings. The van der Waals surface area contributed by atoms with Crippen LogP contribution in [-0.4, -0.2) is 5.25 Å². The molecule has 0 aromatic rings. The van der Waals surface area contributed by atoms with E-state index in [1.807, 2.05) is 11.8 Å². The van der Waals surface area contributed by atoms with Crippen molar-refractivity contribution in [2.75, 3.05) is 0 Å². The van der Waals surface area contributed by atoms with Crippen LogP contribution in [0, 0.1) is 17.3 Å². The van der Waals surface area contributed by atoms with Gasteiger partial charge in [-0.15, -0.1) is 11.8 Å². The molecule has 0 aliphatic carbocycles. The maximum absolute atomic E-state index is 2.33. The molecule has 2 unspecified atom stereocenters. The van der Waals surface area contributed by atoms with Crippen LogP contribution < -0.4 is 0 Å². The molecular weight excluding hydrogens is 188 g/mol. The van der Waals surface area contributed by atoms with Crippen LogP contribution in [0.1, 0.15) is 48.5 Å². The zero-order valence-corrected chi connectivity index (χ0v) is 11.6. The zero-order valence-electron chi connectivity index (χ0n) is 10.8. The predicted octanol–water partition coefficient (Wildman–Crippen LogP) is 4.96. The van der Waals surface area contributed by atoms with Crippen LogP contribution in [0.4, 0.5) is 0 Å². The molecule has 0 nitrogen and oxygen atoms in total. The number of hydrogen-bond donors (Lipinski definition) is 0. The van der Waals surface area contributed by atoms with Gasteiger partial charge in [-0.1, -0.05) is 54.5 Å². The zero-order chi connectivity index (χ0) is 11.4. The van der Waals surface area contributed by atoms with E-state index in [4.69, 9.17) is 0 Å². The fourth-order valence-corrected chi connectivity index (χ4v) is 1.70. The first kappa shape index (κ1) is 14.1. The highest BCUT2D eigenvalue weighted by molar-refractivity contribution is 8.02. The van der Waals surface area contributed by atoms with E-state index in [2.05, 4.69) is 60.0 Å². The molecule has 84 valence electrons. The van der Waals surface area contributed by atoms with Crippen molar-refractivity contribution in [1.29, 1.82) is 0 Å². The Morgan fingerprint density at radius 3 is 1.86 bits per heavy atom. The highest BCUT2D eigenvalue weighted by atomic mass is 32.2. The molecule has 0 spiro atoms.